The zero-order chi connectivity index (χ0) is 12.5. The van der Waals surface area contributed by atoms with Crippen molar-refractivity contribution in [3.8, 4) is 5.75 Å². The standard InChI is InChI=1S/C13H22N2O/c1-8(2)16-12-10(14)6-9(7-11(12)15)13(3,4)5/h6-8H,14-15H2,1-5H3. The van der Waals surface area contributed by atoms with E-state index in [1.54, 1.807) is 0 Å². The molecule has 4 N–H and O–H groups in total. The minimum absolute atomic E-state index is 0.0403. The van der Waals surface area contributed by atoms with Crippen molar-refractivity contribution >= 4 is 11.4 Å². The van der Waals surface area contributed by atoms with Crippen LogP contribution in [0, 0.1) is 0 Å². The highest BCUT2D eigenvalue weighted by Gasteiger charge is 2.18. The highest BCUT2D eigenvalue weighted by Crippen LogP contribution is 2.35. The lowest BCUT2D eigenvalue weighted by molar-refractivity contribution is 0.245. The van der Waals surface area contributed by atoms with E-state index in [9.17, 15) is 0 Å². The Morgan fingerprint density at radius 3 is 1.81 bits per heavy atom. The van der Waals surface area contributed by atoms with Crippen molar-refractivity contribution in [2.45, 2.75) is 46.1 Å². The van der Waals surface area contributed by atoms with Gasteiger partial charge in [-0.1, -0.05) is 20.8 Å². The van der Waals surface area contributed by atoms with Crippen molar-refractivity contribution in [2.24, 2.45) is 0 Å². The third kappa shape index (κ3) is 2.81. The zero-order valence-corrected chi connectivity index (χ0v) is 10.8. The lowest BCUT2D eigenvalue weighted by Gasteiger charge is -2.22. The minimum atomic E-state index is 0.0403. The van der Waals surface area contributed by atoms with E-state index in [4.69, 9.17) is 16.2 Å². The van der Waals surface area contributed by atoms with Crippen LogP contribution in [0.5, 0.6) is 5.75 Å². The summed E-state index contributed by atoms with van der Waals surface area (Å²) >= 11 is 0. The molecule has 0 saturated heterocycles. The van der Waals surface area contributed by atoms with Crippen LogP contribution in [0.25, 0.3) is 0 Å². The molecule has 16 heavy (non-hydrogen) atoms. The van der Waals surface area contributed by atoms with Crippen molar-refractivity contribution in [2.75, 3.05) is 11.5 Å². The number of hydrogen-bond acceptors (Lipinski definition) is 3. The quantitative estimate of drug-likeness (QED) is 0.756. The first-order valence-corrected chi connectivity index (χ1v) is 5.58. The smallest absolute Gasteiger partial charge is 0.165 e. The van der Waals surface area contributed by atoms with E-state index in [0.717, 1.165) is 5.56 Å². The van der Waals surface area contributed by atoms with Gasteiger partial charge in [0.1, 0.15) is 0 Å². The van der Waals surface area contributed by atoms with Gasteiger partial charge in [0.05, 0.1) is 17.5 Å². The predicted octanol–water partition coefficient (Wildman–Crippen LogP) is 2.94. The molecule has 0 bridgehead atoms. The Kier molecular flexibility index (Phi) is 3.36. The summed E-state index contributed by atoms with van der Waals surface area (Å²) in [7, 11) is 0. The molecule has 0 aromatic heterocycles. The van der Waals surface area contributed by atoms with E-state index in [1.807, 2.05) is 26.0 Å². The highest BCUT2D eigenvalue weighted by atomic mass is 16.5. The molecular weight excluding hydrogens is 200 g/mol. The van der Waals surface area contributed by atoms with E-state index < -0.39 is 0 Å². The van der Waals surface area contributed by atoms with Crippen molar-refractivity contribution in [1.29, 1.82) is 0 Å². The van der Waals surface area contributed by atoms with Gasteiger partial charge in [0, 0.05) is 0 Å². The summed E-state index contributed by atoms with van der Waals surface area (Å²) < 4.78 is 5.59. The third-order valence-corrected chi connectivity index (χ3v) is 2.37. The van der Waals surface area contributed by atoms with E-state index in [-0.39, 0.29) is 11.5 Å². The van der Waals surface area contributed by atoms with Gasteiger partial charge in [0.2, 0.25) is 0 Å². The van der Waals surface area contributed by atoms with E-state index in [2.05, 4.69) is 20.8 Å². The molecule has 0 amide bonds. The summed E-state index contributed by atoms with van der Waals surface area (Å²) in [6.07, 6.45) is 0.0742. The van der Waals surface area contributed by atoms with E-state index in [0.29, 0.717) is 17.1 Å². The molecule has 0 fully saturated rings. The largest absolute Gasteiger partial charge is 0.487 e. The van der Waals surface area contributed by atoms with Gasteiger partial charge in [-0.15, -0.1) is 0 Å². The average Bonchev–Trinajstić information content (AvgIpc) is 2.09. The Hall–Kier alpha value is -1.38. The Bertz CT molecular complexity index is 355. The molecule has 3 nitrogen and oxygen atoms in total. The molecule has 0 radical (unpaired) electrons. The van der Waals surface area contributed by atoms with E-state index in [1.165, 1.54) is 0 Å². The van der Waals surface area contributed by atoms with Crippen molar-refractivity contribution in [3.05, 3.63) is 17.7 Å². The Balaban J connectivity index is 3.18. The predicted molar refractivity (Wildman–Crippen MR) is 69.7 cm³/mol. The second kappa shape index (κ2) is 4.24. The maximum atomic E-state index is 5.96. The van der Waals surface area contributed by atoms with Gasteiger partial charge < -0.3 is 16.2 Å². The molecule has 90 valence electrons. The fourth-order valence-electron chi connectivity index (χ4n) is 1.48. The molecule has 0 heterocycles. The van der Waals surface area contributed by atoms with Crippen LogP contribution >= 0.6 is 0 Å². The monoisotopic (exact) mass is 222 g/mol. The fraction of sp³-hybridized carbons (Fsp3) is 0.538. The number of nitrogen functional groups attached to an aromatic ring is 2. The van der Waals surface area contributed by atoms with Crippen LogP contribution in [-0.4, -0.2) is 6.10 Å². The number of ether oxygens (including phenoxy) is 1. The summed E-state index contributed by atoms with van der Waals surface area (Å²) in [5.74, 6) is 0.600. The molecule has 0 aliphatic heterocycles. The molecule has 0 unspecified atom stereocenters. The Morgan fingerprint density at radius 2 is 1.50 bits per heavy atom. The first kappa shape index (κ1) is 12.7. The van der Waals surface area contributed by atoms with Gasteiger partial charge in [-0.05, 0) is 37.0 Å². The average molecular weight is 222 g/mol. The first-order valence-electron chi connectivity index (χ1n) is 5.58. The lowest BCUT2D eigenvalue weighted by atomic mass is 9.86. The Morgan fingerprint density at radius 1 is 1.06 bits per heavy atom. The zero-order valence-electron chi connectivity index (χ0n) is 10.8. The molecule has 0 spiro atoms. The highest BCUT2D eigenvalue weighted by molar-refractivity contribution is 5.69. The molecule has 1 aromatic carbocycles. The van der Waals surface area contributed by atoms with Gasteiger partial charge >= 0.3 is 0 Å². The van der Waals surface area contributed by atoms with Gasteiger partial charge in [0.25, 0.3) is 0 Å². The summed E-state index contributed by atoms with van der Waals surface area (Å²) in [6.45, 7) is 10.3. The van der Waals surface area contributed by atoms with Crippen LogP contribution in [0.4, 0.5) is 11.4 Å². The van der Waals surface area contributed by atoms with Crippen LogP contribution in [0.2, 0.25) is 0 Å². The number of anilines is 2. The summed E-state index contributed by atoms with van der Waals surface area (Å²) in [6, 6.07) is 3.88. The van der Waals surface area contributed by atoms with Gasteiger partial charge in [0.15, 0.2) is 5.75 Å². The summed E-state index contributed by atoms with van der Waals surface area (Å²) in [5, 5.41) is 0. The van der Waals surface area contributed by atoms with Crippen molar-refractivity contribution in [1.82, 2.24) is 0 Å². The van der Waals surface area contributed by atoms with Crippen LogP contribution in [0.1, 0.15) is 40.2 Å². The molecule has 1 rings (SSSR count). The maximum Gasteiger partial charge on any atom is 0.165 e. The fourth-order valence-corrected chi connectivity index (χ4v) is 1.48. The normalized spacial score (nSPS) is 11.9. The third-order valence-electron chi connectivity index (χ3n) is 2.37. The molecule has 0 atom stereocenters. The van der Waals surface area contributed by atoms with Crippen LogP contribution in [-0.2, 0) is 5.41 Å². The SMILES string of the molecule is CC(C)Oc1c(N)cc(C(C)(C)C)cc1N. The lowest BCUT2D eigenvalue weighted by Crippen LogP contribution is -2.14. The maximum absolute atomic E-state index is 5.96. The van der Waals surface area contributed by atoms with Crippen LogP contribution < -0.4 is 16.2 Å². The number of nitrogens with two attached hydrogens (primary N) is 2. The molecule has 3 heteroatoms. The van der Waals surface area contributed by atoms with Crippen molar-refractivity contribution in [3.63, 3.8) is 0 Å². The second-order valence-electron chi connectivity index (χ2n) is 5.40. The molecule has 0 saturated carbocycles. The second-order valence-corrected chi connectivity index (χ2v) is 5.40. The van der Waals surface area contributed by atoms with E-state index >= 15 is 0 Å². The molecule has 0 aliphatic rings. The molecular formula is C13H22N2O. The molecule has 0 aliphatic carbocycles. The van der Waals surface area contributed by atoms with Gasteiger partial charge in [-0.25, -0.2) is 0 Å². The topological polar surface area (TPSA) is 61.3 Å². The van der Waals surface area contributed by atoms with Gasteiger partial charge in [-0.3, -0.25) is 0 Å². The molecule has 1 aromatic rings. The summed E-state index contributed by atoms with van der Waals surface area (Å²) in [5.41, 5.74) is 14.3. The minimum Gasteiger partial charge on any atom is -0.487 e. The number of hydrogen-bond donors (Lipinski definition) is 2. The Labute approximate surface area is 97.8 Å². The number of rotatable bonds is 2. The van der Waals surface area contributed by atoms with Crippen LogP contribution in [0.3, 0.4) is 0 Å². The van der Waals surface area contributed by atoms with Crippen molar-refractivity contribution < 1.29 is 4.74 Å². The van der Waals surface area contributed by atoms with Gasteiger partial charge in [-0.2, -0.15) is 0 Å². The first-order chi connectivity index (χ1) is 7.21. The summed E-state index contributed by atoms with van der Waals surface area (Å²) in [4.78, 5) is 0. The number of benzene rings is 1. The van der Waals surface area contributed by atoms with Crippen LogP contribution in [0.15, 0.2) is 12.1 Å².